The Morgan fingerprint density at radius 3 is 2.44 bits per heavy atom. The van der Waals surface area contributed by atoms with Gasteiger partial charge in [-0.05, 0) is 54.5 Å². The van der Waals surface area contributed by atoms with Gasteiger partial charge in [0.1, 0.15) is 17.6 Å². The van der Waals surface area contributed by atoms with Gasteiger partial charge in [-0.2, -0.15) is 0 Å². The first-order valence-corrected chi connectivity index (χ1v) is 14.0. The second kappa shape index (κ2) is 12.0. The van der Waals surface area contributed by atoms with E-state index in [0.29, 0.717) is 38.8 Å². The fraction of sp³-hybridized carbons (Fsp3) is 0.333. The fourth-order valence-corrected chi connectivity index (χ4v) is 6.21. The van der Waals surface area contributed by atoms with E-state index in [0.717, 1.165) is 16.7 Å². The van der Waals surface area contributed by atoms with Crippen molar-refractivity contribution in [1.29, 1.82) is 0 Å². The van der Waals surface area contributed by atoms with Crippen LogP contribution in [0.15, 0.2) is 90.4 Å². The lowest BCUT2D eigenvalue weighted by Gasteiger charge is -2.42. The van der Waals surface area contributed by atoms with Gasteiger partial charge < -0.3 is 19.5 Å². The summed E-state index contributed by atoms with van der Waals surface area (Å²) in [5.74, 6) is -1.08. The first-order valence-electron chi connectivity index (χ1n) is 14.0. The predicted octanol–water partition coefficient (Wildman–Crippen LogP) is 3.70. The van der Waals surface area contributed by atoms with Crippen molar-refractivity contribution in [3.63, 3.8) is 0 Å². The second-order valence-electron chi connectivity index (χ2n) is 10.7. The molecule has 0 unspecified atom stereocenters. The minimum atomic E-state index is -1.01. The van der Waals surface area contributed by atoms with Crippen molar-refractivity contribution >= 4 is 17.8 Å². The van der Waals surface area contributed by atoms with Crippen LogP contribution < -0.4 is 10.9 Å². The molecular formula is C33H35N3O5. The summed E-state index contributed by atoms with van der Waals surface area (Å²) in [4.78, 5) is 54.5. The van der Waals surface area contributed by atoms with E-state index < -0.39 is 11.3 Å². The maximum absolute atomic E-state index is 13.9. The number of carbonyl (C=O) groups is 3. The van der Waals surface area contributed by atoms with Gasteiger partial charge in [0, 0.05) is 32.4 Å². The zero-order chi connectivity index (χ0) is 29.0. The third kappa shape index (κ3) is 5.34. The highest BCUT2D eigenvalue weighted by Gasteiger charge is 2.50. The summed E-state index contributed by atoms with van der Waals surface area (Å²) in [6.07, 6.45) is 5.31. The average Bonchev–Trinajstić information content (AvgIpc) is 3.01. The quantitative estimate of drug-likeness (QED) is 0.356. The summed E-state index contributed by atoms with van der Waals surface area (Å²) in [7, 11) is 1.61. The van der Waals surface area contributed by atoms with Gasteiger partial charge in [0.05, 0.1) is 5.92 Å². The molecule has 2 atom stereocenters. The lowest BCUT2D eigenvalue weighted by molar-refractivity contribution is -0.149. The van der Waals surface area contributed by atoms with Crippen molar-refractivity contribution < 1.29 is 19.1 Å². The number of hydrogen-bond acceptors (Lipinski definition) is 5. The zero-order valence-electron chi connectivity index (χ0n) is 23.3. The summed E-state index contributed by atoms with van der Waals surface area (Å²) < 4.78 is 7.02. The number of likely N-dealkylation sites (tertiary alicyclic amines) is 1. The van der Waals surface area contributed by atoms with E-state index in [9.17, 15) is 19.2 Å². The average molecular weight is 554 g/mol. The topological polar surface area (TPSA) is 97.7 Å². The molecule has 0 radical (unpaired) electrons. The number of benzene rings is 2. The van der Waals surface area contributed by atoms with E-state index in [4.69, 9.17) is 4.74 Å². The molecule has 1 N–H and O–H groups in total. The zero-order valence-corrected chi connectivity index (χ0v) is 23.3. The van der Waals surface area contributed by atoms with Crippen LogP contribution in [-0.2, 0) is 26.8 Å². The van der Waals surface area contributed by atoms with Crippen LogP contribution in [0.2, 0.25) is 0 Å². The molecule has 8 heteroatoms. The molecule has 3 aromatic rings. The van der Waals surface area contributed by atoms with Crippen LogP contribution in [0, 0.1) is 0 Å². The van der Waals surface area contributed by atoms with Crippen LogP contribution in [0.3, 0.4) is 0 Å². The lowest BCUT2D eigenvalue weighted by Crippen LogP contribution is -2.50. The molecule has 1 saturated heterocycles. The number of rotatable bonds is 7. The van der Waals surface area contributed by atoms with Crippen molar-refractivity contribution in [1.82, 2.24) is 14.8 Å². The number of amides is 2. The van der Waals surface area contributed by atoms with E-state index in [-0.39, 0.29) is 41.6 Å². The molecule has 2 aromatic carbocycles. The Labute approximate surface area is 239 Å². The van der Waals surface area contributed by atoms with Crippen molar-refractivity contribution in [3.05, 3.63) is 118 Å². The molecule has 0 saturated carbocycles. The number of aryl methyl sites for hydroxylation is 1. The molecule has 212 valence electrons. The highest BCUT2D eigenvalue weighted by Crippen LogP contribution is 2.48. The van der Waals surface area contributed by atoms with Crippen LogP contribution in [0.5, 0.6) is 0 Å². The molecule has 1 fully saturated rings. The van der Waals surface area contributed by atoms with Crippen LogP contribution in [-0.4, -0.2) is 53.0 Å². The van der Waals surface area contributed by atoms with Gasteiger partial charge in [-0.3, -0.25) is 19.2 Å². The van der Waals surface area contributed by atoms with Crippen LogP contribution in [0.25, 0.3) is 0 Å². The number of aromatic nitrogens is 1. The largest absolute Gasteiger partial charge is 0.461 e. The number of hydrogen-bond donors (Lipinski definition) is 1. The number of fused-ring (bicyclic) bond motifs is 1. The number of ether oxygens (including phenoxy) is 1. The van der Waals surface area contributed by atoms with E-state index in [1.807, 2.05) is 59.5 Å². The normalized spacial score (nSPS) is 20.5. The standard InChI is InChI=1S/C33H35N3O5/c1-3-22-41-32(40)33(23-10-5-4-6-11-23)18-15-26(25-12-7-8-14-28(25)33)31(39)36-20-16-24(17-21-36)34-29(37)27-13-9-19-35(2)30(27)38/h3-14,19,24,26H,1,15-18,20-22H2,2H3,(H,34,37)/t26-,33+/m1/s1. The number of carbonyl (C=O) groups excluding carboxylic acids is 3. The Kier molecular flexibility index (Phi) is 8.19. The Morgan fingerprint density at radius 1 is 1.00 bits per heavy atom. The maximum atomic E-state index is 13.9. The molecule has 5 rings (SSSR count). The number of pyridine rings is 1. The lowest BCUT2D eigenvalue weighted by atomic mass is 9.63. The molecule has 2 amide bonds. The Morgan fingerprint density at radius 2 is 1.71 bits per heavy atom. The third-order valence-electron chi connectivity index (χ3n) is 8.36. The second-order valence-corrected chi connectivity index (χ2v) is 10.7. The molecule has 0 bridgehead atoms. The number of nitrogens with zero attached hydrogens (tertiary/aromatic N) is 2. The van der Waals surface area contributed by atoms with Gasteiger partial charge in [0.2, 0.25) is 5.91 Å². The molecule has 1 aliphatic carbocycles. The van der Waals surface area contributed by atoms with Gasteiger partial charge in [0.25, 0.3) is 11.5 Å². The maximum Gasteiger partial charge on any atom is 0.321 e. The molecular weight excluding hydrogens is 518 g/mol. The predicted molar refractivity (Wildman–Crippen MR) is 156 cm³/mol. The van der Waals surface area contributed by atoms with Crippen molar-refractivity contribution in [2.45, 2.75) is 43.1 Å². The van der Waals surface area contributed by atoms with Gasteiger partial charge in [-0.1, -0.05) is 67.3 Å². The van der Waals surface area contributed by atoms with Crippen molar-refractivity contribution in [2.75, 3.05) is 19.7 Å². The van der Waals surface area contributed by atoms with Gasteiger partial charge in [-0.15, -0.1) is 0 Å². The van der Waals surface area contributed by atoms with E-state index in [1.165, 1.54) is 10.6 Å². The molecule has 2 aliphatic rings. The SMILES string of the molecule is C=CCOC(=O)[C@]1(c2ccccc2)CC[C@@H](C(=O)N2CCC(NC(=O)c3cccn(C)c3=O)CC2)c2ccccc21. The minimum Gasteiger partial charge on any atom is -0.461 e. The number of esters is 1. The highest BCUT2D eigenvalue weighted by atomic mass is 16.5. The Balaban J connectivity index is 1.33. The Hall–Kier alpha value is -4.46. The monoisotopic (exact) mass is 553 g/mol. The van der Waals surface area contributed by atoms with Crippen molar-refractivity contribution in [3.8, 4) is 0 Å². The smallest absolute Gasteiger partial charge is 0.321 e. The first-order chi connectivity index (χ1) is 19.9. The molecule has 1 aromatic heterocycles. The summed E-state index contributed by atoms with van der Waals surface area (Å²) in [6.45, 7) is 4.80. The van der Waals surface area contributed by atoms with Gasteiger partial charge in [0.15, 0.2) is 0 Å². The molecule has 2 heterocycles. The third-order valence-corrected chi connectivity index (χ3v) is 8.36. The van der Waals surface area contributed by atoms with E-state index in [1.54, 1.807) is 25.4 Å². The van der Waals surface area contributed by atoms with E-state index in [2.05, 4.69) is 11.9 Å². The number of piperidine rings is 1. The fourth-order valence-electron chi connectivity index (χ4n) is 6.21. The molecule has 41 heavy (non-hydrogen) atoms. The Bertz CT molecular complexity index is 1510. The molecule has 8 nitrogen and oxygen atoms in total. The van der Waals surface area contributed by atoms with Crippen LogP contribution in [0.1, 0.15) is 58.6 Å². The van der Waals surface area contributed by atoms with Crippen LogP contribution in [0.4, 0.5) is 0 Å². The van der Waals surface area contributed by atoms with Crippen LogP contribution >= 0.6 is 0 Å². The molecule has 0 spiro atoms. The summed E-state index contributed by atoms with van der Waals surface area (Å²) in [5, 5.41) is 2.97. The molecule has 1 aliphatic heterocycles. The van der Waals surface area contributed by atoms with E-state index >= 15 is 0 Å². The summed E-state index contributed by atoms with van der Waals surface area (Å²) in [6, 6.07) is 20.4. The minimum absolute atomic E-state index is 0.0280. The van der Waals surface area contributed by atoms with Crippen molar-refractivity contribution in [2.24, 2.45) is 7.05 Å². The summed E-state index contributed by atoms with van der Waals surface area (Å²) in [5.41, 5.74) is 1.25. The highest BCUT2D eigenvalue weighted by molar-refractivity contribution is 5.94. The van der Waals surface area contributed by atoms with Gasteiger partial charge in [-0.25, -0.2) is 0 Å². The van der Waals surface area contributed by atoms with Gasteiger partial charge >= 0.3 is 5.97 Å². The summed E-state index contributed by atoms with van der Waals surface area (Å²) >= 11 is 0. The number of nitrogens with one attached hydrogen (secondary N) is 1. The first kappa shape index (κ1) is 28.1.